The van der Waals surface area contributed by atoms with Crippen LogP contribution in [0.2, 0.25) is 0 Å². The lowest BCUT2D eigenvalue weighted by Gasteiger charge is -2.25. The van der Waals surface area contributed by atoms with Gasteiger partial charge in [-0.1, -0.05) is 13.0 Å². The Morgan fingerprint density at radius 2 is 2.33 bits per heavy atom. The van der Waals surface area contributed by atoms with Crippen molar-refractivity contribution >= 4 is 17.3 Å². The first kappa shape index (κ1) is 15.4. The molecule has 1 fully saturated rings. The largest absolute Gasteiger partial charge is 0.379 e. The molecule has 2 atom stereocenters. The van der Waals surface area contributed by atoms with Crippen molar-refractivity contribution in [3.63, 3.8) is 0 Å². The van der Waals surface area contributed by atoms with E-state index in [2.05, 4.69) is 5.32 Å². The molecule has 1 aromatic rings. The third-order valence-corrected chi connectivity index (χ3v) is 3.96. The molecule has 3 N–H and O–H groups in total. The number of amides is 1. The minimum absolute atomic E-state index is 0.00687. The van der Waals surface area contributed by atoms with Gasteiger partial charge in [0.15, 0.2) is 0 Å². The van der Waals surface area contributed by atoms with Gasteiger partial charge in [0.1, 0.15) is 0 Å². The number of hydrogen-bond donors (Lipinski definition) is 2. The minimum atomic E-state index is -0.821. The standard InChI is InChI=1S/C14H19N3O4/c1-3-9-4-5-10(6-11(9)17(19)20)16-13(18)14(2)8-21-7-12(14)15/h4-6,12H,3,7-8,15H2,1-2H3,(H,16,18). The van der Waals surface area contributed by atoms with Crippen molar-refractivity contribution in [2.45, 2.75) is 26.3 Å². The predicted octanol–water partition coefficient (Wildman–Crippen LogP) is 1.46. The molecule has 7 nitrogen and oxygen atoms in total. The lowest BCUT2D eigenvalue weighted by molar-refractivity contribution is -0.385. The first-order chi connectivity index (χ1) is 9.88. The molecule has 1 amide bonds. The number of rotatable bonds is 4. The lowest BCUT2D eigenvalue weighted by atomic mass is 9.85. The van der Waals surface area contributed by atoms with Gasteiger partial charge in [-0.2, -0.15) is 0 Å². The van der Waals surface area contributed by atoms with E-state index in [1.807, 2.05) is 6.92 Å². The Hall–Kier alpha value is -1.99. The Morgan fingerprint density at radius 3 is 2.86 bits per heavy atom. The van der Waals surface area contributed by atoms with Crippen LogP contribution in [-0.4, -0.2) is 30.1 Å². The number of nitro groups is 1. The Balaban J connectivity index is 2.22. The van der Waals surface area contributed by atoms with Crippen LogP contribution in [0.3, 0.4) is 0 Å². The second-order valence-corrected chi connectivity index (χ2v) is 5.45. The molecule has 0 saturated carbocycles. The number of hydrogen-bond acceptors (Lipinski definition) is 5. The van der Waals surface area contributed by atoms with E-state index in [-0.39, 0.29) is 24.2 Å². The summed E-state index contributed by atoms with van der Waals surface area (Å²) in [5.41, 5.74) is 6.11. The highest BCUT2D eigenvalue weighted by Crippen LogP contribution is 2.30. The number of carbonyl (C=O) groups is 1. The fraction of sp³-hybridized carbons (Fsp3) is 0.500. The summed E-state index contributed by atoms with van der Waals surface area (Å²) < 4.78 is 5.24. The smallest absolute Gasteiger partial charge is 0.274 e. The van der Waals surface area contributed by atoms with Gasteiger partial charge in [0.05, 0.1) is 23.6 Å². The van der Waals surface area contributed by atoms with Crippen molar-refractivity contribution in [1.82, 2.24) is 0 Å². The quantitative estimate of drug-likeness (QED) is 0.645. The van der Waals surface area contributed by atoms with Crippen molar-refractivity contribution in [2.24, 2.45) is 11.1 Å². The Bertz CT molecular complexity index is 575. The van der Waals surface area contributed by atoms with Crippen molar-refractivity contribution < 1.29 is 14.5 Å². The zero-order chi connectivity index (χ0) is 15.6. The summed E-state index contributed by atoms with van der Waals surface area (Å²) in [6, 6.07) is 4.30. The summed E-state index contributed by atoms with van der Waals surface area (Å²) in [5.74, 6) is -0.286. The summed E-state index contributed by atoms with van der Waals surface area (Å²) in [6.07, 6.45) is 0.557. The van der Waals surface area contributed by atoms with E-state index in [1.54, 1.807) is 19.1 Å². The number of ether oxygens (including phenoxy) is 1. The van der Waals surface area contributed by atoms with E-state index in [9.17, 15) is 14.9 Å². The number of benzene rings is 1. The van der Waals surface area contributed by atoms with Crippen LogP contribution in [0.4, 0.5) is 11.4 Å². The minimum Gasteiger partial charge on any atom is -0.379 e. The maximum atomic E-state index is 12.3. The van der Waals surface area contributed by atoms with Crippen LogP contribution >= 0.6 is 0 Å². The summed E-state index contributed by atoms with van der Waals surface area (Å²) >= 11 is 0. The second kappa shape index (κ2) is 5.79. The van der Waals surface area contributed by atoms with E-state index in [0.717, 1.165) is 0 Å². The van der Waals surface area contributed by atoms with E-state index >= 15 is 0 Å². The highest BCUT2D eigenvalue weighted by atomic mass is 16.6. The molecule has 1 saturated heterocycles. The molecule has 21 heavy (non-hydrogen) atoms. The van der Waals surface area contributed by atoms with Crippen LogP contribution in [0.5, 0.6) is 0 Å². The molecule has 114 valence electrons. The van der Waals surface area contributed by atoms with Gasteiger partial charge in [-0.3, -0.25) is 14.9 Å². The van der Waals surface area contributed by atoms with Gasteiger partial charge in [-0.15, -0.1) is 0 Å². The van der Waals surface area contributed by atoms with Gasteiger partial charge in [-0.05, 0) is 19.4 Å². The summed E-state index contributed by atoms with van der Waals surface area (Å²) in [7, 11) is 0. The number of anilines is 1. The van der Waals surface area contributed by atoms with Gasteiger partial charge in [-0.25, -0.2) is 0 Å². The monoisotopic (exact) mass is 293 g/mol. The second-order valence-electron chi connectivity index (χ2n) is 5.45. The maximum absolute atomic E-state index is 12.3. The third kappa shape index (κ3) is 2.88. The van der Waals surface area contributed by atoms with Crippen molar-refractivity contribution in [3.05, 3.63) is 33.9 Å². The van der Waals surface area contributed by atoms with Crippen molar-refractivity contribution in [2.75, 3.05) is 18.5 Å². The Kier molecular flexibility index (Phi) is 4.24. The van der Waals surface area contributed by atoms with Crippen molar-refractivity contribution in [3.8, 4) is 0 Å². The fourth-order valence-electron chi connectivity index (χ4n) is 2.31. The normalized spacial score (nSPS) is 24.8. The fourth-order valence-corrected chi connectivity index (χ4v) is 2.31. The van der Waals surface area contributed by atoms with Gasteiger partial charge in [0.25, 0.3) is 5.69 Å². The predicted molar refractivity (Wildman–Crippen MR) is 78.0 cm³/mol. The third-order valence-electron chi connectivity index (χ3n) is 3.96. The van der Waals surface area contributed by atoms with Gasteiger partial charge >= 0.3 is 0 Å². The number of nitrogens with two attached hydrogens (primary N) is 1. The van der Waals surface area contributed by atoms with Crippen LogP contribution in [0.15, 0.2) is 18.2 Å². The van der Waals surface area contributed by atoms with Crippen LogP contribution < -0.4 is 11.1 Å². The van der Waals surface area contributed by atoms with Gasteiger partial charge in [0, 0.05) is 23.4 Å². The molecule has 1 aliphatic rings. The van der Waals surface area contributed by atoms with Crippen LogP contribution in [0, 0.1) is 15.5 Å². The van der Waals surface area contributed by atoms with Crippen molar-refractivity contribution in [1.29, 1.82) is 0 Å². The molecule has 0 radical (unpaired) electrons. The molecule has 1 aromatic carbocycles. The molecule has 2 unspecified atom stereocenters. The first-order valence-corrected chi connectivity index (χ1v) is 6.80. The highest BCUT2D eigenvalue weighted by molar-refractivity contribution is 5.96. The van der Waals surface area contributed by atoms with E-state index < -0.39 is 10.3 Å². The van der Waals surface area contributed by atoms with Gasteiger partial charge in [0.2, 0.25) is 5.91 Å². The Labute approximate surface area is 122 Å². The van der Waals surface area contributed by atoms with Gasteiger partial charge < -0.3 is 15.8 Å². The number of nitrogens with one attached hydrogen (secondary N) is 1. The number of carbonyl (C=O) groups excluding carboxylic acids is 1. The van der Waals surface area contributed by atoms with Crippen LogP contribution in [-0.2, 0) is 16.0 Å². The molecular weight excluding hydrogens is 274 g/mol. The molecule has 0 bridgehead atoms. The average Bonchev–Trinajstić information content (AvgIpc) is 2.79. The van der Waals surface area contributed by atoms with Crippen LogP contribution in [0.25, 0.3) is 0 Å². The molecule has 1 aliphatic heterocycles. The zero-order valence-corrected chi connectivity index (χ0v) is 12.1. The summed E-state index contributed by atoms with van der Waals surface area (Å²) in [5, 5.41) is 13.7. The molecule has 7 heteroatoms. The number of aryl methyl sites for hydroxylation is 1. The first-order valence-electron chi connectivity index (χ1n) is 6.80. The van der Waals surface area contributed by atoms with E-state index in [4.69, 9.17) is 10.5 Å². The molecule has 2 rings (SSSR count). The zero-order valence-electron chi connectivity index (χ0n) is 12.1. The SMILES string of the molecule is CCc1ccc(NC(=O)C2(C)COCC2N)cc1[N+](=O)[O-]. The lowest BCUT2D eigenvalue weighted by Crippen LogP contribution is -2.47. The highest BCUT2D eigenvalue weighted by Gasteiger charge is 2.44. The molecule has 0 aliphatic carbocycles. The number of nitrogens with zero attached hydrogens (tertiary/aromatic N) is 1. The summed E-state index contributed by atoms with van der Waals surface area (Å²) in [4.78, 5) is 22.9. The number of nitro benzene ring substituents is 1. The molecule has 0 spiro atoms. The maximum Gasteiger partial charge on any atom is 0.274 e. The average molecular weight is 293 g/mol. The topological polar surface area (TPSA) is 107 Å². The molecule has 1 heterocycles. The Morgan fingerprint density at radius 1 is 1.62 bits per heavy atom. The summed E-state index contributed by atoms with van der Waals surface area (Å²) in [6.45, 7) is 4.15. The molecular formula is C14H19N3O4. The van der Waals surface area contributed by atoms with E-state index in [0.29, 0.717) is 24.3 Å². The van der Waals surface area contributed by atoms with Crippen LogP contribution in [0.1, 0.15) is 19.4 Å². The molecule has 0 aromatic heterocycles. The van der Waals surface area contributed by atoms with E-state index in [1.165, 1.54) is 6.07 Å².